The van der Waals surface area contributed by atoms with Crippen molar-refractivity contribution < 1.29 is 10.2 Å². The minimum atomic E-state index is -0.899. The molecule has 15 heavy (non-hydrogen) atoms. The van der Waals surface area contributed by atoms with Gasteiger partial charge < -0.3 is 15.9 Å². The van der Waals surface area contributed by atoms with Gasteiger partial charge >= 0.3 is 0 Å². The number of hydrogen-bond donors (Lipinski definition) is 3. The van der Waals surface area contributed by atoms with E-state index >= 15 is 0 Å². The van der Waals surface area contributed by atoms with Gasteiger partial charge in [-0.05, 0) is 12.3 Å². The minimum absolute atomic E-state index is 0.332. The van der Waals surface area contributed by atoms with Gasteiger partial charge in [-0.1, -0.05) is 38.2 Å². The van der Waals surface area contributed by atoms with Gasteiger partial charge in [0.15, 0.2) is 0 Å². The Balaban J connectivity index is 2.32. The first-order valence-corrected chi connectivity index (χ1v) is 5.89. The van der Waals surface area contributed by atoms with Crippen molar-refractivity contribution in [3.63, 3.8) is 0 Å². The Morgan fingerprint density at radius 3 is 2.40 bits per heavy atom. The van der Waals surface area contributed by atoms with E-state index in [1.54, 1.807) is 0 Å². The lowest BCUT2D eigenvalue weighted by Gasteiger charge is -2.28. The Bertz CT molecular complexity index is 190. The summed E-state index contributed by atoms with van der Waals surface area (Å²) in [4.78, 5) is 0. The molecule has 1 saturated carbocycles. The topological polar surface area (TPSA) is 66.5 Å². The molecule has 0 aromatic heterocycles. The van der Waals surface area contributed by atoms with Gasteiger partial charge in [0.25, 0.3) is 0 Å². The number of rotatable bonds is 5. The van der Waals surface area contributed by atoms with Gasteiger partial charge in [0.05, 0.1) is 12.2 Å². The second-order valence-corrected chi connectivity index (χ2v) is 4.62. The van der Waals surface area contributed by atoms with E-state index in [2.05, 4.69) is 6.58 Å². The Hall–Kier alpha value is -0.380. The van der Waals surface area contributed by atoms with Crippen LogP contribution in [0.5, 0.6) is 0 Å². The summed E-state index contributed by atoms with van der Waals surface area (Å²) in [5.41, 5.74) is 5.87. The Labute approximate surface area is 92.0 Å². The van der Waals surface area contributed by atoms with E-state index in [1.807, 2.05) is 0 Å². The molecule has 0 heterocycles. The second kappa shape index (κ2) is 6.26. The van der Waals surface area contributed by atoms with Crippen molar-refractivity contribution in [3.05, 3.63) is 12.7 Å². The van der Waals surface area contributed by atoms with Crippen molar-refractivity contribution in [2.24, 2.45) is 11.7 Å². The average molecular weight is 213 g/mol. The van der Waals surface area contributed by atoms with Crippen molar-refractivity contribution in [1.29, 1.82) is 0 Å². The maximum atomic E-state index is 9.67. The molecule has 0 aromatic rings. The van der Waals surface area contributed by atoms with Gasteiger partial charge in [0.2, 0.25) is 0 Å². The molecule has 88 valence electrons. The lowest BCUT2D eigenvalue weighted by molar-refractivity contribution is 0.0245. The van der Waals surface area contributed by atoms with Crippen molar-refractivity contribution in [2.45, 2.75) is 56.8 Å². The van der Waals surface area contributed by atoms with Crippen LogP contribution in [0.2, 0.25) is 0 Å². The van der Waals surface area contributed by atoms with Crippen LogP contribution in [0, 0.1) is 5.92 Å². The first-order chi connectivity index (χ1) is 7.15. The molecule has 3 heteroatoms. The molecule has 0 aromatic carbocycles. The summed E-state index contributed by atoms with van der Waals surface area (Å²) in [7, 11) is 0. The summed E-state index contributed by atoms with van der Waals surface area (Å²) in [6.07, 6.45) is 6.68. The van der Waals surface area contributed by atoms with E-state index in [0.717, 1.165) is 6.42 Å². The van der Waals surface area contributed by atoms with Crippen LogP contribution in [0.3, 0.4) is 0 Å². The molecule has 1 aliphatic rings. The van der Waals surface area contributed by atoms with Crippen molar-refractivity contribution >= 4 is 0 Å². The lowest BCUT2D eigenvalue weighted by Crippen LogP contribution is -2.43. The Morgan fingerprint density at radius 1 is 1.27 bits per heavy atom. The fourth-order valence-electron chi connectivity index (χ4n) is 2.34. The predicted molar refractivity (Wildman–Crippen MR) is 61.4 cm³/mol. The molecule has 0 unspecified atom stereocenters. The molecule has 0 spiro atoms. The predicted octanol–water partition coefficient (Wildman–Crippen LogP) is 1.19. The lowest BCUT2D eigenvalue weighted by atomic mass is 9.83. The fraction of sp³-hybridized carbons (Fsp3) is 0.833. The van der Waals surface area contributed by atoms with Crippen LogP contribution < -0.4 is 5.73 Å². The van der Waals surface area contributed by atoms with Gasteiger partial charge in [-0.15, -0.1) is 6.58 Å². The van der Waals surface area contributed by atoms with E-state index in [4.69, 9.17) is 5.73 Å². The van der Waals surface area contributed by atoms with Crippen LogP contribution in [0.25, 0.3) is 0 Å². The third-order valence-electron chi connectivity index (χ3n) is 3.36. The van der Waals surface area contributed by atoms with Crippen molar-refractivity contribution in [1.82, 2.24) is 0 Å². The van der Waals surface area contributed by atoms with E-state index < -0.39 is 12.2 Å². The zero-order valence-electron chi connectivity index (χ0n) is 9.31. The van der Waals surface area contributed by atoms with Gasteiger partial charge in [-0.3, -0.25) is 0 Å². The highest BCUT2D eigenvalue weighted by Gasteiger charge is 2.24. The van der Waals surface area contributed by atoms with Crippen molar-refractivity contribution in [3.8, 4) is 0 Å². The molecule has 1 fully saturated rings. The quantitative estimate of drug-likeness (QED) is 0.601. The van der Waals surface area contributed by atoms with E-state index in [0.29, 0.717) is 5.92 Å². The molecule has 1 rings (SSSR count). The van der Waals surface area contributed by atoms with E-state index in [1.165, 1.54) is 38.2 Å². The minimum Gasteiger partial charge on any atom is -0.388 e. The molecular weight excluding hydrogens is 190 g/mol. The van der Waals surface area contributed by atoms with Gasteiger partial charge in [0, 0.05) is 6.04 Å². The van der Waals surface area contributed by atoms with Crippen LogP contribution >= 0.6 is 0 Å². The second-order valence-electron chi connectivity index (χ2n) is 4.62. The highest BCUT2D eigenvalue weighted by atomic mass is 16.3. The Morgan fingerprint density at radius 2 is 1.87 bits per heavy atom. The zero-order valence-corrected chi connectivity index (χ0v) is 9.31. The highest BCUT2D eigenvalue weighted by molar-refractivity contribution is 4.90. The number of hydrogen-bond acceptors (Lipinski definition) is 3. The third kappa shape index (κ3) is 3.93. The highest BCUT2D eigenvalue weighted by Crippen LogP contribution is 2.27. The molecule has 0 amide bonds. The van der Waals surface area contributed by atoms with Crippen LogP contribution in [-0.2, 0) is 0 Å². The monoisotopic (exact) mass is 213 g/mol. The average Bonchev–Trinajstić information content (AvgIpc) is 2.28. The molecule has 0 saturated heterocycles. The molecule has 0 aliphatic heterocycles. The standard InChI is InChI=1S/C12H23NO2/c1-2-11(14)12(15)10(13)8-9-6-4-3-5-7-9/h2,9-12,14-15H,1,3-8,13H2/t10-,11-,12+/m0/s1. The summed E-state index contributed by atoms with van der Waals surface area (Å²) < 4.78 is 0. The summed E-state index contributed by atoms with van der Waals surface area (Å²) in [5, 5.41) is 19.0. The van der Waals surface area contributed by atoms with Crippen LogP contribution in [-0.4, -0.2) is 28.5 Å². The largest absolute Gasteiger partial charge is 0.388 e. The maximum absolute atomic E-state index is 9.67. The molecular formula is C12H23NO2. The van der Waals surface area contributed by atoms with Gasteiger partial charge in [-0.2, -0.15) is 0 Å². The van der Waals surface area contributed by atoms with E-state index in [9.17, 15) is 10.2 Å². The third-order valence-corrected chi connectivity index (χ3v) is 3.36. The maximum Gasteiger partial charge on any atom is 0.0992 e. The zero-order chi connectivity index (χ0) is 11.3. The smallest absolute Gasteiger partial charge is 0.0992 e. The van der Waals surface area contributed by atoms with Crippen LogP contribution in [0.1, 0.15) is 38.5 Å². The Kier molecular flexibility index (Phi) is 5.29. The summed E-state index contributed by atoms with van der Waals surface area (Å²) in [6, 6.07) is -0.332. The number of aliphatic hydroxyl groups excluding tert-OH is 2. The van der Waals surface area contributed by atoms with Crippen LogP contribution in [0.4, 0.5) is 0 Å². The summed E-state index contributed by atoms with van der Waals surface area (Å²) in [6.45, 7) is 3.45. The first-order valence-electron chi connectivity index (χ1n) is 5.89. The molecule has 3 nitrogen and oxygen atoms in total. The normalized spacial score (nSPS) is 24.5. The fourth-order valence-corrected chi connectivity index (χ4v) is 2.34. The van der Waals surface area contributed by atoms with Gasteiger partial charge in [-0.25, -0.2) is 0 Å². The van der Waals surface area contributed by atoms with Crippen molar-refractivity contribution in [2.75, 3.05) is 0 Å². The summed E-state index contributed by atoms with van der Waals surface area (Å²) >= 11 is 0. The van der Waals surface area contributed by atoms with Crippen LogP contribution in [0.15, 0.2) is 12.7 Å². The summed E-state index contributed by atoms with van der Waals surface area (Å²) in [5.74, 6) is 0.625. The number of aliphatic hydroxyl groups is 2. The number of nitrogens with two attached hydrogens (primary N) is 1. The molecule has 0 radical (unpaired) electrons. The SMILES string of the molecule is C=C[C@H](O)[C@H](O)[C@@H](N)CC1CCCCC1. The van der Waals surface area contributed by atoms with E-state index in [-0.39, 0.29) is 6.04 Å². The molecule has 0 bridgehead atoms. The molecule has 3 atom stereocenters. The molecule has 4 N–H and O–H groups in total. The molecule has 1 aliphatic carbocycles. The first kappa shape index (κ1) is 12.7. The van der Waals surface area contributed by atoms with Gasteiger partial charge in [0.1, 0.15) is 0 Å².